The molecule has 5 nitrogen and oxygen atoms in total. The summed E-state index contributed by atoms with van der Waals surface area (Å²) in [5.74, 6) is 0. The van der Waals surface area contributed by atoms with Gasteiger partial charge in [0.2, 0.25) is 0 Å². The lowest BCUT2D eigenvalue weighted by Crippen LogP contribution is -2.63. The molecule has 0 unspecified atom stereocenters. The number of aliphatic hydroxyl groups is 1. The second kappa shape index (κ2) is 7.75. The number of likely N-dealkylation sites (tertiary alicyclic amines) is 1. The van der Waals surface area contributed by atoms with E-state index in [1.807, 2.05) is 11.8 Å². The highest BCUT2D eigenvalue weighted by atomic mass is 16.5. The van der Waals surface area contributed by atoms with Crippen molar-refractivity contribution in [1.82, 2.24) is 10.2 Å². The highest BCUT2D eigenvalue weighted by Gasteiger charge is 2.56. The van der Waals surface area contributed by atoms with Crippen LogP contribution in [0, 0.1) is 12.3 Å². The fraction of sp³-hybridized carbons (Fsp3) is 0.650. The van der Waals surface area contributed by atoms with E-state index in [-0.39, 0.29) is 23.7 Å². The molecular formula is C20H30N2O3. The molecule has 1 aromatic rings. The fourth-order valence-electron chi connectivity index (χ4n) is 4.12. The number of benzene rings is 1. The average Bonchev–Trinajstić information content (AvgIpc) is 2.63. The van der Waals surface area contributed by atoms with E-state index in [0.717, 1.165) is 25.7 Å². The van der Waals surface area contributed by atoms with Crippen LogP contribution >= 0.6 is 0 Å². The van der Waals surface area contributed by atoms with Crippen molar-refractivity contribution in [1.29, 1.82) is 0 Å². The Morgan fingerprint density at radius 3 is 2.60 bits per heavy atom. The lowest BCUT2D eigenvalue weighted by Gasteiger charge is -2.56. The van der Waals surface area contributed by atoms with Crippen molar-refractivity contribution in [3.63, 3.8) is 0 Å². The summed E-state index contributed by atoms with van der Waals surface area (Å²) in [4.78, 5) is 14.2. The molecule has 1 aliphatic carbocycles. The van der Waals surface area contributed by atoms with Crippen molar-refractivity contribution in [2.75, 3.05) is 26.2 Å². The SMILES string of the molecule is CCO[C@@H]1C[C@@H](O)C12CCN(C(=O)NCCc1ccc(C)cc1)CC2. The zero-order valence-corrected chi connectivity index (χ0v) is 15.3. The molecule has 138 valence electrons. The van der Waals surface area contributed by atoms with Crippen LogP contribution in [0.4, 0.5) is 4.79 Å². The predicted octanol–water partition coefficient (Wildman–Crippen LogP) is 2.50. The van der Waals surface area contributed by atoms with Gasteiger partial charge >= 0.3 is 6.03 Å². The molecule has 5 heteroatoms. The second-order valence-corrected chi connectivity index (χ2v) is 7.38. The maximum absolute atomic E-state index is 12.4. The number of aryl methyl sites for hydroxylation is 1. The van der Waals surface area contributed by atoms with Crippen LogP contribution in [0.1, 0.15) is 37.3 Å². The Morgan fingerprint density at radius 2 is 2.00 bits per heavy atom. The van der Waals surface area contributed by atoms with Crippen LogP contribution in [-0.4, -0.2) is 54.5 Å². The van der Waals surface area contributed by atoms with Crippen molar-refractivity contribution >= 4 is 6.03 Å². The molecule has 1 saturated heterocycles. The zero-order chi connectivity index (χ0) is 17.9. The zero-order valence-electron chi connectivity index (χ0n) is 15.3. The number of aliphatic hydroxyl groups excluding tert-OH is 1. The number of amides is 2. The van der Waals surface area contributed by atoms with Crippen molar-refractivity contribution < 1.29 is 14.6 Å². The third kappa shape index (κ3) is 3.82. The largest absolute Gasteiger partial charge is 0.392 e. The fourth-order valence-corrected chi connectivity index (χ4v) is 4.12. The summed E-state index contributed by atoms with van der Waals surface area (Å²) < 4.78 is 5.78. The monoisotopic (exact) mass is 346 g/mol. The smallest absolute Gasteiger partial charge is 0.317 e. The molecule has 2 amide bonds. The quantitative estimate of drug-likeness (QED) is 0.861. The molecule has 2 fully saturated rings. The number of piperidine rings is 1. The van der Waals surface area contributed by atoms with Crippen LogP contribution < -0.4 is 5.32 Å². The topological polar surface area (TPSA) is 61.8 Å². The van der Waals surface area contributed by atoms with Crippen molar-refractivity contribution in [2.24, 2.45) is 5.41 Å². The summed E-state index contributed by atoms with van der Waals surface area (Å²) in [7, 11) is 0. The number of hydrogen-bond acceptors (Lipinski definition) is 3. The first kappa shape index (κ1) is 18.2. The minimum absolute atomic E-state index is 0.00346. The van der Waals surface area contributed by atoms with E-state index in [1.165, 1.54) is 11.1 Å². The number of nitrogens with zero attached hydrogens (tertiary/aromatic N) is 1. The van der Waals surface area contributed by atoms with Gasteiger partial charge in [0.15, 0.2) is 0 Å². The Kier molecular flexibility index (Phi) is 5.64. The highest BCUT2D eigenvalue weighted by molar-refractivity contribution is 5.74. The van der Waals surface area contributed by atoms with Crippen LogP contribution in [0.2, 0.25) is 0 Å². The molecule has 1 aliphatic heterocycles. The van der Waals surface area contributed by atoms with Crippen molar-refractivity contribution in [3.05, 3.63) is 35.4 Å². The molecule has 1 heterocycles. The maximum atomic E-state index is 12.4. The molecule has 0 radical (unpaired) electrons. The van der Waals surface area contributed by atoms with E-state index in [2.05, 4.69) is 36.5 Å². The number of carbonyl (C=O) groups is 1. The standard InChI is InChI=1S/C20H30N2O3/c1-3-25-18-14-17(23)20(18)9-12-22(13-10-20)19(24)21-11-8-16-6-4-15(2)5-7-16/h4-7,17-18,23H,3,8-14H2,1-2H3,(H,21,24)/t17-,18-/m1/s1. The van der Waals surface area contributed by atoms with Gasteiger partial charge in [-0.25, -0.2) is 4.79 Å². The summed E-state index contributed by atoms with van der Waals surface area (Å²) in [6, 6.07) is 8.42. The summed E-state index contributed by atoms with van der Waals surface area (Å²) in [6.45, 7) is 6.78. The second-order valence-electron chi connectivity index (χ2n) is 7.38. The number of nitrogens with one attached hydrogen (secondary N) is 1. The summed E-state index contributed by atoms with van der Waals surface area (Å²) in [6.07, 6.45) is 3.09. The molecule has 3 rings (SSSR count). The predicted molar refractivity (Wildman–Crippen MR) is 97.6 cm³/mol. The van der Waals surface area contributed by atoms with Crippen LogP contribution in [0.5, 0.6) is 0 Å². The molecule has 2 aliphatic rings. The Hall–Kier alpha value is -1.59. The minimum atomic E-state index is -0.282. The summed E-state index contributed by atoms with van der Waals surface area (Å²) >= 11 is 0. The van der Waals surface area contributed by atoms with Gasteiger partial charge in [0, 0.05) is 38.1 Å². The Morgan fingerprint density at radius 1 is 1.32 bits per heavy atom. The van der Waals surface area contributed by atoms with Gasteiger partial charge in [0.25, 0.3) is 0 Å². The first-order valence-electron chi connectivity index (χ1n) is 9.43. The van der Waals surface area contributed by atoms with Gasteiger partial charge in [-0.15, -0.1) is 0 Å². The number of ether oxygens (including phenoxy) is 1. The number of urea groups is 1. The van der Waals surface area contributed by atoms with Gasteiger partial charge in [0.1, 0.15) is 0 Å². The minimum Gasteiger partial charge on any atom is -0.392 e. The van der Waals surface area contributed by atoms with E-state index in [1.54, 1.807) is 0 Å². The van der Waals surface area contributed by atoms with Crippen LogP contribution in [0.25, 0.3) is 0 Å². The third-order valence-electron chi connectivity index (χ3n) is 5.90. The van der Waals surface area contributed by atoms with E-state index in [9.17, 15) is 9.90 Å². The molecule has 1 spiro atoms. The Balaban J connectivity index is 1.43. The van der Waals surface area contributed by atoms with Gasteiger partial charge in [-0.05, 0) is 38.7 Å². The van der Waals surface area contributed by atoms with E-state index in [0.29, 0.717) is 26.2 Å². The molecule has 0 bridgehead atoms. The highest BCUT2D eigenvalue weighted by Crippen LogP contribution is 2.50. The van der Waals surface area contributed by atoms with Crippen LogP contribution in [-0.2, 0) is 11.2 Å². The summed E-state index contributed by atoms with van der Waals surface area (Å²) in [5, 5.41) is 13.3. The van der Waals surface area contributed by atoms with Crippen LogP contribution in [0.15, 0.2) is 24.3 Å². The first-order valence-corrected chi connectivity index (χ1v) is 9.43. The normalized spacial score (nSPS) is 24.8. The number of rotatable bonds is 5. The summed E-state index contributed by atoms with van der Waals surface area (Å²) in [5.41, 5.74) is 2.36. The maximum Gasteiger partial charge on any atom is 0.317 e. The first-order chi connectivity index (χ1) is 12.0. The van der Waals surface area contributed by atoms with E-state index in [4.69, 9.17) is 4.74 Å². The Bertz CT molecular complexity index is 577. The lowest BCUT2D eigenvalue weighted by atomic mass is 9.58. The van der Waals surface area contributed by atoms with Gasteiger partial charge in [0.05, 0.1) is 12.2 Å². The molecule has 2 N–H and O–H groups in total. The molecule has 1 saturated carbocycles. The molecule has 0 aromatic heterocycles. The van der Waals surface area contributed by atoms with Gasteiger partial charge in [-0.1, -0.05) is 29.8 Å². The lowest BCUT2D eigenvalue weighted by molar-refractivity contribution is -0.207. The molecule has 25 heavy (non-hydrogen) atoms. The van der Waals surface area contributed by atoms with Crippen molar-refractivity contribution in [3.8, 4) is 0 Å². The van der Waals surface area contributed by atoms with Gasteiger partial charge in [-0.2, -0.15) is 0 Å². The Labute approximate surface area is 150 Å². The molecular weight excluding hydrogens is 316 g/mol. The molecule has 2 atom stereocenters. The van der Waals surface area contributed by atoms with Gasteiger partial charge < -0.3 is 20.1 Å². The van der Waals surface area contributed by atoms with E-state index >= 15 is 0 Å². The average molecular weight is 346 g/mol. The van der Waals surface area contributed by atoms with Crippen LogP contribution in [0.3, 0.4) is 0 Å². The number of carbonyl (C=O) groups excluding carboxylic acids is 1. The van der Waals surface area contributed by atoms with Crippen molar-refractivity contribution in [2.45, 2.75) is 51.7 Å². The van der Waals surface area contributed by atoms with Gasteiger partial charge in [-0.3, -0.25) is 0 Å². The van der Waals surface area contributed by atoms with E-state index < -0.39 is 0 Å². The number of hydrogen-bond donors (Lipinski definition) is 2. The molecule has 1 aromatic carbocycles. The third-order valence-corrected chi connectivity index (χ3v) is 5.90.